The molecule has 61 heavy (non-hydrogen) atoms. The maximum absolute atomic E-state index is 6.81. The van der Waals surface area contributed by atoms with Crippen LogP contribution < -0.4 is 4.90 Å². The predicted molar refractivity (Wildman–Crippen MR) is 257 cm³/mol. The number of benzene rings is 10. The van der Waals surface area contributed by atoms with Gasteiger partial charge in [0.05, 0.1) is 22.1 Å². The molecule has 0 bridgehead atoms. The van der Waals surface area contributed by atoms with Crippen LogP contribution in [0.3, 0.4) is 0 Å². The fraction of sp³-hybridized carbons (Fsp3) is 0. The van der Waals surface area contributed by atoms with Gasteiger partial charge in [-0.3, -0.25) is 0 Å². The zero-order chi connectivity index (χ0) is 40.3. The Morgan fingerprint density at radius 1 is 0.361 bits per heavy atom. The molecule has 0 fully saturated rings. The van der Waals surface area contributed by atoms with Crippen LogP contribution in [0.15, 0.2) is 235 Å². The van der Waals surface area contributed by atoms with E-state index in [9.17, 15) is 0 Å². The van der Waals surface area contributed by atoms with Gasteiger partial charge in [0, 0.05) is 38.8 Å². The molecule has 286 valence electrons. The summed E-state index contributed by atoms with van der Waals surface area (Å²) >= 11 is 0. The summed E-state index contributed by atoms with van der Waals surface area (Å²) in [7, 11) is 0. The molecule has 3 heteroatoms. The Morgan fingerprint density at radius 2 is 0.918 bits per heavy atom. The molecular formula is C58H38N2O. The third-order valence-electron chi connectivity index (χ3n) is 12.2. The summed E-state index contributed by atoms with van der Waals surface area (Å²) in [5, 5.41) is 7.10. The van der Waals surface area contributed by atoms with Crippen molar-refractivity contribution >= 4 is 71.6 Å². The second kappa shape index (κ2) is 14.3. The minimum atomic E-state index is 0.863. The van der Waals surface area contributed by atoms with E-state index >= 15 is 0 Å². The maximum Gasteiger partial charge on any atom is 0.145 e. The minimum absolute atomic E-state index is 0.863. The third kappa shape index (κ3) is 5.74. The fourth-order valence-electron chi connectivity index (χ4n) is 9.47. The zero-order valence-corrected chi connectivity index (χ0v) is 33.2. The Hall–Kier alpha value is -8.14. The summed E-state index contributed by atoms with van der Waals surface area (Å²) in [6.45, 7) is 0. The monoisotopic (exact) mass is 778 g/mol. The summed E-state index contributed by atoms with van der Waals surface area (Å²) in [5.74, 6) is 0. The number of aromatic nitrogens is 1. The quantitative estimate of drug-likeness (QED) is 0.161. The van der Waals surface area contributed by atoms with Gasteiger partial charge in [0.25, 0.3) is 0 Å². The SMILES string of the molecule is c1ccc(-c2ccc(N(c3ccc(-c4cccc5cccc(-c6ccccc6)c45)cc3)c3cccc(-n4c5ccccc5c5ccccc54)c3)c3c2oc2ccccc23)cc1. The number of furan rings is 1. The maximum atomic E-state index is 6.81. The van der Waals surface area contributed by atoms with Gasteiger partial charge in [-0.1, -0.05) is 170 Å². The molecular weight excluding hydrogens is 741 g/mol. The van der Waals surface area contributed by atoms with E-state index in [1.165, 1.54) is 49.3 Å². The van der Waals surface area contributed by atoms with Gasteiger partial charge in [0.15, 0.2) is 0 Å². The Kier molecular flexibility index (Phi) is 8.17. The predicted octanol–water partition coefficient (Wildman–Crippen LogP) is 16.3. The van der Waals surface area contributed by atoms with Crippen LogP contribution in [0.2, 0.25) is 0 Å². The van der Waals surface area contributed by atoms with Crippen LogP contribution in [0.5, 0.6) is 0 Å². The van der Waals surface area contributed by atoms with Crippen LogP contribution in [0.1, 0.15) is 0 Å². The van der Waals surface area contributed by atoms with Crippen molar-refractivity contribution < 1.29 is 4.42 Å². The highest BCUT2D eigenvalue weighted by Gasteiger charge is 2.23. The number of hydrogen-bond donors (Lipinski definition) is 0. The molecule has 10 aromatic carbocycles. The van der Waals surface area contributed by atoms with Gasteiger partial charge in [-0.15, -0.1) is 0 Å². The van der Waals surface area contributed by atoms with Gasteiger partial charge < -0.3 is 13.9 Å². The van der Waals surface area contributed by atoms with Gasteiger partial charge in [-0.25, -0.2) is 0 Å². The van der Waals surface area contributed by atoms with Crippen LogP contribution >= 0.6 is 0 Å². The average molecular weight is 779 g/mol. The zero-order valence-electron chi connectivity index (χ0n) is 33.2. The number of hydrogen-bond acceptors (Lipinski definition) is 2. The molecule has 3 nitrogen and oxygen atoms in total. The molecule has 0 spiro atoms. The first-order valence-electron chi connectivity index (χ1n) is 20.8. The van der Waals surface area contributed by atoms with Crippen molar-refractivity contribution in [3.8, 4) is 39.1 Å². The lowest BCUT2D eigenvalue weighted by molar-refractivity contribution is 0.670. The molecule has 0 radical (unpaired) electrons. The molecule has 0 N–H and O–H groups in total. The molecule has 0 amide bonds. The average Bonchev–Trinajstić information content (AvgIpc) is 3.89. The van der Waals surface area contributed by atoms with E-state index in [1.807, 2.05) is 0 Å². The molecule has 0 saturated heterocycles. The van der Waals surface area contributed by atoms with Crippen molar-refractivity contribution in [1.29, 1.82) is 0 Å². The van der Waals surface area contributed by atoms with Crippen LogP contribution in [0.25, 0.3) is 93.6 Å². The molecule has 2 aromatic heterocycles. The topological polar surface area (TPSA) is 21.3 Å². The van der Waals surface area contributed by atoms with Crippen LogP contribution in [-0.2, 0) is 0 Å². The molecule has 0 atom stereocenters. The Morgan fingerprint density at radius 3 is 1.59 bits per heavy atom. The largest absolute Gasteiger partial charge is 0.455 e. The normalized spacial score (nSPS) is 11.6. The highest BCUT2D eigenvalue weighted by atomic mass is 16.3. The number of para-hydroxylation sites is 3. The molecule has 0 aliphatic rings. The lowest BCUT2D eigenvalue weighted by atomic mass is 9.91. The van der Waals surface area contributed by atoms with Crippen molar-refractivity contribution in [2.75, 3.05) is 4.90 Å². The summed E-state index contributed by atoms with van der Waals surface area (Å²) in [4.78, 5) is 2.40. The standard InChI is InChI=1S/C58H38N2O/c1-3-16-39(17-4-1)46-27-13-20-42-21-14-28-47(56(42)46)41-32-34-43(35-33-41)59(44-22-15-23-45(38-44)60-52-29-10-7-24-49(52)50-25-8-11-30-53(50)60)54-37-36-48(40-18-5-2-6-19-40)58-57(54)51-26-9-12-31-55(51)61-58/h1-38H. The van der Waals surface area contributed by atoms with Gasteiger partial charge >= 0.3 is 0 Å². The molecule has 0 saturated carbocycles. The van der Waals surface area contributed by atoms with Crippen LogP contribution in [-0.4, -0.2) is 4.57 Å². The molecule has 12 aromatic rings. The van der Waals surface area contributed by atoms with E-state index in [2.05, 4.69) is 240 Å². The second-order valence-electron chi connectivity index (χ2n) is 15.6. The summed E-state index contributed by atoms with van der Waals surface area (Å²) in [6.07, 6.45) is 0. The van der Waals surface area contributed by atoms with Crippen LogP contribution in [0.4, 0.5) is 17.1 Å². The van der Waals surface area contributed by atoms with Crippen molar-refractivity contribution in [3.63, 3.8) is 0 Å². The molecule has 0 unspecified atom stereocenters. The van der Waals surface area contributed by atoms with E-state index in [1.54, 1.807) is 0 Å². The third-order valence-corrected chi connectivity index (χ3v) is 12.2. The van der Waals surface area contributed by atoms with Crippen molar-refractivity contribution in [2.45, 2.75) is 0 Å². The first kappa shape index (κ1) is 34.9. The summed E-state index contributed by atoms with van der Waals surface area (Å²) in [6, 6.07) is 82.8. The lowest BCUT2D eigenvalue weighted by Crippen LogP contribution is -2.11. The molecule has 2 heterocycles. The second-order valence-corrected chi connectivity index (χ2v) is 15.6. The van der Waals surface area contributed by atoms with Gasteiger partial charge in [0.1, 0.15) is 11.2 Å². The van der Waals surface area contributed by atoms with E-state index in [0.29, 0.717) is 0 Å². The summed E-state index contributed by atoms with van der Waals surface area (Å²) < 4.78 is 9.20. The highest BCUT2D eigenvalue weighted by molar-refractivity contribution is 6.17. The van der Waals surface area contributed by atoms with Crippen molar-refractivity contribution in [1.82, 2.24) is 4.57 Å². The van der Waals surface area contributed by atoms with E-state index in [0.717, 1.165) is 61.4 Å². The van der Waals surface area contributed by atoms with Crippen molar-refractivity contribution in [2.24, 2.45) is 0 Å². The van der Waals surface area contributed by atoms with E-state index in [4.69, 9.17) is 4.42 Å². The smallest absolute Gasteiger partial charge is 0.145 e. The Bertz CT molecular complexity index is 3520. The molecule has 12 rings (SSSR count). The van der Waals surface area contributed by atoms with Crippen molar-refractivity contribution in [3.05, 3.63) is 231 Å². The Labute approximate surface area is 353 Å². The number of nitrogens with zero attached hydrogens (tertiary/aromatic N) is 2. The summed E-state index contributed by atoms with van der Waals surface area (Å²) in [5.41, 5.74) is 15.3. The van der Waals surface area contributed by atoms with E-state index < -0.39 is 0 Å². The highest BCUT2D eigenvalue weighted by Crippen LogP contribution is 2.47. The van der Waals surface area contributed by atoms with Gasteiger partial charge in [-0.2, -0.15) is 0 Å². The first-order chi connectivity index (χ1) is 30.3. The molecule has 0 aliphatic heterocycles. The van der Waals surface area contributed by atoms with Gasteiger partial charge in [0.2, 0.25) is 0 Å². The number of rotatable bonds is 7. The molecule has 0 aliphatic carbocycles. The number of fused-ring (bicyclic) bond motifs is 7. The van der Waals surface area contributed by atoms with Gasteiger partial charge in [-0.05, 0) is 99.3 Å². The lowest BCUT2D eigenvalue weighted by Gasteiger charge is -2.27. The number of anilines is 3. The fourth-order valence-corrected chi connectivity index (χ4v) is 9.47. The Balaban J connectivity index is 1.09. The van der Waals surface area contributed by atoms with Crippen LogP contribution in [0, 0.1) is 0 Å². The first-order valence-corrected chi connectivity index (χ1v) is 20.8. The minimum Gasteiger partial charge on any atom is -0.455 e. The van der Waals surface area contributed by atoms with E-state index in [-0.39, 0.29) is 0 Å².